The van der Waals surface area contributed by atoms with Crippen molar-refractivity contribution in [1.82, 2.24) is 0 Å². The molecule has 0 saturated heterocycles. The highest BCUT2D eigenvalue weighted by molar-refractivity contribution is 6.27. The third-order valence-electron chi connectivity index (χ3n) is 4.22. The van der Waals surface area contributed by atoms with Crippen LogP contribution in [0.1, 0.15) is 51.8 Å². The van der Waals surface area contributed by atoms with Crippen LogP contribution >= 0.6 is 0 Å². The van der Waals surface area contributed by atoms with Gasteiger partial charge in [-0.15, -0.1) is 0 Å². The molecule has 0 aromatic heterocycles. The Morgan fingerprint density at radius 3 is 2.26 bits per heavy atom. The van der Waals surface area contributed by atoms with Crippen molar-refractivity contribution < 1.29 is 34.4 Å². The highest BCUT2D eigenvalue weighted by Gasteiger charge is 2.42. The first kappa shape index (κ1) is 15.4. The smallest absolute Gasteiger partial charge is 0.236 e. The van der Waals surface area contributed by atoms with Crippen LogP contribution in [0.3, 0.4) is 0 Å². The number of phenolic OH excluding ortho intramolecular Hbond substituents is 2. The number of benzene rings is 1. The number of hydrogen-bond acceptors (Lipinski definition) is 7. The molecule has 0 fully saturated rings. The SMILES string of the molecule is COC1=C(O)C(=O)c2c(O)c3c(c(O)c2C1=O)C[C@H](C)O[C@@H]3C. The van der Waals surface area contributed by atoms with Gasteiger partial charge in [0.05, 0.1) is 30.4 Å². The number of Topliss-reactive ketones (excluding diaryl/α,β-unsaturated/α-hetero) is 2. The summed E-state index contributed by atoms with van der Waals surface area (Å²) in [6.07, 6.45) is -0.505. The van der Waals surface area contributed by atoms with E-state index in [0.29, 0.717) is 5.56 Å². The zero-order valence-electron chi connectivity index (χ0n) is 12.8. The highest BCUT2D eigenvalue weighted by Crippen LogP contribution is 2.47. The van der Waals surface area contributed by atoms with E-state index in [-0.39, 0.29) is 29.4 Å². The second kappa shape index (κ2) is 4.99. The fourth-order valence-electron chi connectivity index (χ4n) is 3.26. The van der Waals surface area contributed by atoms with Crippen LogP contribution in [0, 0.1) is 0 Å². The molecule has 3 rings (SSSR count). The van der Waals surface area contributed by atoms with Gasteiger partial charge in [-0.25, -0.2) is 0 Å². The molecule has 3 N–H and O–H groups in total. The summed E-state index contributed by atoms with van der Waals surface area (Å²) in [5.74, 6) is -4.09. The maximum Gasteiger partial charge on any atom is 0.236 e. The summed E-state index contributed by atoms with van der Waals surface area (Å²) >= 11 is 0. The number of ketones is 2. The van der Waals surface area contributed by atoms with Gasteiger partial charge in [0.1, 0.15) is 11.5 Å². The van der Waals surface area contributed by atoms with Crippen molar-refractivity contribution in [2.45, 2.75) is 32.5 Å². The number of ether oxygens (including phenoxy) is 2. The second-order valence-electron chi connectivity index (χ2n) is 5.67. The minimum Gasteiger partial charge on any atom is -0.507 e. The van der Waals surface area contributed by atoms with Crippen LogP contribution in [0.5, 0.6) is 11.5 Å². The molecule has 2 atom stereocenters. The van der Waals surface area contributed by atoms with E-state index >= 15 is 0 Å². The Morgan fingerprint density at radius 1 is 1.04 bits per heavy atom. The summed E-state index contributed by atoms with van der Waals surface area (Å²) in [6.45, 7) is 3.47. The number of hydrogen-bond donors (Lipinski definition) is 3. The fraction of sp³-hybridized carbons (Fsp3) is 0.375. The van der Waals surface area contributed by atoms with E-state index in [2.05, 4.69) is 0 Å². The minimum absolute atomic E-state index is 0.221. The molecule has 7 heteroatoms. The van der Waals surface area contributed by atoms with Crippen LogP contribution in [0.2, 0.25) is 0 Å². The molecule has 1 aliphatic heterocycles. The van der Waals surface area contributed by atoms with Crippen LogP contribution in [0.15, 0.2) is 11.5 Å². The highest BCUT2D eigenvalue weighted by atomic mass is 16.5. The van der Waals surface area contributed by atoms with E-state index in [0.717, 1.165) is 7.11 Å². The van der Waals surface area contributed by atoms with Gasteiger partial charge in [0, 0.05) is 17.5 Å². The number of aromatic hydroxyl groups is 2. The van der Waals surface area contributed by atoms with Crippen LogP contribution in [-0.2, 0) is 15.9 Å². The Kier molecular flexibility index (Phi) is 3.33. The van der Waals surface area contributed by atoms with Crippen molar-refractivity contribution in [1.29, 1.82) is 0 Å². The molecule has 23 heavy (non-hydrogen) atoms. The van der Waals surface area contributed by atoms with Gasteiger partial charge in [0.25, 0.3) is 0 Å². The second-order valence-corrected chi connectivity index (χ2v) is 5.67. The summed E-state index contributed by atoms with van der Waals surface area (Å²) in [5.41, 5.74) is -0.142. The lowest BCUT2D eigenvalue weighted by molar-refractivity contribution is -0.00679. The average molecular weight is 320 g/mol. The van der Waals surface area contributed by atoms with Crippen molar-refractivity contribution in [2.24, 2.45) is 0 Å². The Balaban J connectivity index is 2.37. The first-order chi connectivity index (χ1) is 10.8. The van der Waals surface area contributed by atoms with Crippen LogP contribution in [0.4, 0.5) is 0 Å². The summed E-state index contributed by atoms with van der Waals surface area (Å²) in [7, 11) is 1.13. The Hall–Kier alpha value is -2.54. The lowest BCUT2D eigenvalue weighted by Gasteiger charge is -2.32. The van der Waals surface area contributed by atoms with E-state index in [1.165, 1.54) is 0 Å². The summed E-state index contributed by atoms with van der Waals surface area (Å²) in [4.78, 5) is 24.7. The number of carbonyl (C=O) groups excluding carboxylic acids is 2. The van der Waals surface area contributed by atoms with E-state index in [1.807, 2.05) is 0 Å². The topological polar surface area (TPSA) is 113 Å². The third kappa shape index (κ3) is 1.93. The van der Waals surface area contributed by atoms with E-state index in [1.54, 1.807) is 13.8 Å². The number of aliphatic hydroxyl groups excluding tert-OH is 1. The van der Waals surface area contributed by atoms with E-state index < -0.39 is 40.5 Å². The molecule has 0 spiro atoms. The fourth-order valence-corrected chi connectivity index (χ4v) is 3.26. The van der Waals surface area contributed by atoms with Crippen LogP contribution in [0.25, 0.3) is 0 Å². The molecule has 0 amide bonds. The first-order valence-electron chi connectivity index (χ1n) is 7.12. The zero-order valence-corrected chi connectivity index (χ0v) is 12.8. The molecule has 0 radical (unpaired) electrons. The monoisotopic (exact) mass is 320 g/mol. The standard InChI is InChI=1S/C16H16O7/c1-5-4-7-8(6(2)23-5)12(18)10-9(11(7)17)14(20)16(22-3)15(21)13(10)19/h5-6,17-18,21H,4H2,1-3H3/t5-,6+/m0/s1. The molecule has 1 heterocycles. The molecular formula is C16H16O7. The minimum atomic E-state index is -0.974. The van der Waals surface area contributed by atoms with Crippen LogP contribution in [-0.4, -0.2) is 40.1 Å². The Morgan fingerprint density at radius 2 is 1.65 bits per heavy atom. The van der Waals surface area contributed by atoms with Gasteiger partial charge < -0.3 is 24.8 Å². The molecule has 2 aliphatic rings. The predicted octanol–water partition coefficient (Wildman–Crippen LogP) is 1.91. The molecule has 122 valence electrons. The Bertz CT molecular complexity index is 775. The van der Waals surface area contributed by atoms with Gasteiger partial charge in [0.15, 0.2) is 0 Å². The normalized spacial score (nSPS) is 23.6. The van der Waals surface area contributed by atoms with Crippen molar-refractivity contribution in [3.63, 3.8) is 0 Å². The van der Waals surface area contributed by atoms with Crippen molar-refractivity contribution in [3.05, 3.63) is 33.8 Å². The molecule has 0 saturated carbocycles. The van der Waals surface area contributed by atoms with Gasteiger partial charge in [-0.05, 0) is 13.8 Å². The Labute approximate surface area is 131 Å². The average Bonchev–Trinajstić information content (AvgIpc) is 2.48. The number of methoxy groups -OCH3 is 1. The number of phenols is 2. The number of rotatable bonds is 1. The van der Waals surface area contributed by atoms with Crippen LogP contribution < -0.4 is 0 Å². The molecule has 7 nitrogen and oxygen atoms in total. The number of allylic oxidation sites excluding steroid dienone is 2. The maximum absolute atomic E-state index is 12.4. The van der Waals surface area contributed by atoms with E-state index in [9.17, 15) is 24.9 Å². The van der Waals surface area contributed by atoms with Crippen molar-refractivity contribution >= 4 is 11.6 Å². The lowest BCUT2D eigenvalue weighted by Crippen LogP contribution is -2.28. The number of aliphatic hydroxyl groups is 1. The van der Waals surface area contributed by atoms with Gasteiger partial charge in [-0.1, -0.05) is 0 Å². The summed E-state index contributed by atoms with van der Waals surface area (Å²) in [5, 5.41) is 30.9. The molecule has 1 aliphatic carbocycles. The van der Waals surface area contributed by atoms with E-state index in [4.69, 9.17) is 9.47 Å². The molecular weight excluding hydrogens is 304 g/mol. The summed E-state index contributed by atoms with van der Waals surface area (Å²) < 4.78 is 10.4. The lowest BCUT2D eigenvalue weighted by atomic mass is 9.82. The van der Waals surface area contributed by atoms with Gasteiger partial charge in [-0.3, -0.25) is 9.59 Å². The third-order valence-corrected chi connectivity index (χ3v) is 4.22. The quantitative estimate of drug-likeness (QED) is 0.677. The number of carbonyl (C=O) groups is 2. The largest absolute Gasteiger partial charge is 0.507 e. The van der Waals surface area contributed by atoms with Crippen molar-refractivity contribution in [3.8, 4) is 11.5 Å². The predicted molar refractivity (Wildman–Crippen MR) is 77.8 cm³/mol. The van der Waals surface area contributed by atoms with Gasteiger partial charge in [0.2, 0.25) is 23.1 Å². The van der Waals surface area contributed by atoms with Gasteiger partial charge in [-0.2, -0.15) is 0 Å². The zero-order chi connectivity index (χ0) is 17.0. The molecule has 0 unspecified atom stereocenters. The van der Waals surface area contributed by atoms with Gasteiger partial charge >= 0.3 is 0 Å². The first-order valence-corrected chi connectivity index (χ1v) is 7.12. The number of fused-ring (bicyclic) bond motifs is 2. The van der Waals surface area contributed by atoms with Crippen molar-refractivity contribution in [2.75, 3.05) is 7.11 Å². The molecule has 0 bridgehead atoms. The summed E-state index contributed by atoms with van der Waals surface area (Å²) in [6, 6.07) is 0. The maximum atomic E-state index is 12.4. The molecule has 1 aromatic rings. The molecule has 1 aromatic carbocycles.